The Morgan fingerprint density at radius 1 is 1.53 bits per heavy atom. The molecule has 1 fully saturated rings. The summed E-state index contributed by atoms with van der Waals surface area (Å²) < 4.78 is 11.0. The molecule has 112 valence electrons. The van der Waals surface area contributed by atoms with Gasteiger partial charge in [0.25, 0.3) is 0 Å². The highest BCUT2D eigenvalue weighted by molar-refractivity contribution is 5.81. The molecule has 0 aliphatic carbocycles. The summed E-state index contributed by atoms with van der Waals surface area (Å²) in [5.41, 5.74) is 5.78. The summed E-state index contributed by atoms with van der Waals surface area (Å²) >= 11 is 0. The molecule has 0 spiro atoms. The van der Waals surface area contributed by atoms with Gasteiger partial charge in [-0.1, -0.05) is 13.8 Å². The third-order valence-electron chi connectivity index (χ3n) is 3.15. The summed E-state index contributed by atoms with van der Waals surface area (Å²) in [7, 11) is 0. The lowest BCUT2D eigenvalue weighted by Gasteiger charge is -2.14. The van der Waals surface area contributed by atoms with Crippen LogP contribution >= 0.6 is 0 Å². The summed E-state index contributed by atoms with van der Waals surface area (Å²) in [6.07, 6.45) is 4.04. The monoisotopic (exact) mass is 272 g/mol. The van der Waals surface area contributed by atoms with E-state index in [1.54, 1.807) is 0 Å². The number of carbonyl (C=O) groups excluding carboxylic acids is 1. The van der Waals surface area contributed by atoms with Gasteiger partial charge in [-0.3, -0.25) is 4.79 Å². The Hall–Kier alpha value is -0.650. The number of hydrogen-bond donors (Lipinski definition) is 2. The molecule has 5 heteroatoms. The smallest absolute Gasteiger partial charge is 0.236 e. The molecule has 1 aliphatic heterocycles. The van der Waals surface area contributed by atoms with E-state index in [0.717, 1.165) is 32.3 Å². The zero-order valence-electron chi connectivity index (χ0n) is 12.2. The SMILES string of the molecule is CC(C)C[C@H](N)C(=O)NCCCOCC1CCCO1. The second kappa shape index (κ2) is 9.28. The molecule has 1 amide bonds. The third-order valence-corrected chi connectivity index (χ3v) is 3.15. The molecule has 1 rings (SSSR count). The summed E-state index contributed by atoms with van der Waals surface area (Å²) in [5.74, 6) is 0.378. The minimum atomic E-state index is -0.396. The molecule has 1 saturated heterocycles. The molecule has 0 aromatic heterocycles. The molecule has 0 bridgehead atoms. The number of carbonyl (C=O) groups is 1. The van der Waals surface area contributed by atoms with Crippen molar-refractivity contribution in [3.63, 3.8) is 0 Å². The van der Waals surface area contributed by atoms with Crippen LogP contribution in [0, 0.1) is 5.92 Å². The molecule has 5 nitrogen and oxygen atoms in total. The van der Waals surface area contributed by atoms with Gasteiger partial charge in [-0.2, -0.15) is 0 Å². The number of nitrogens with two attached hydrogens (primary N) is 1. The lowest BCUT2D eigenvalue weighted by molar-refractivity contribution is -0.122. The van der Waals surface area contributed by atoms with E-state index in [4.69, 9.17) is 15.2 Å². The van der Waals surface area contributed by atoms with Gasteiger partial charge in [0.2, 0.25) is 5.91 Å². The lowest BCUT2D eigenvalue weighted by Crippen LogP contribution is -2.41. The highest BCUT2D eigenvalue weighted by Gasteiger charge is 2.15. The van der Waals surface area contributed by atoms with Crippen molar-refractivity contribution in [3.8, 4) is 0 Å². The largest absolute Gasteiger partial charge is 0.379 e. The first-order valence-corrected chi connectivity index (χ1v) is 7.32. The van der Waals surface area contributed by atoms with Gasteiger partial charge in [-0.05, 0) is 31.6 Å². The summed E-state index contributed by atoms with van der Waals surface area (Å²) in [6.45, 7) is 6.92. The maximum Gasteiger partial charge on any atom is 0.236 e. The Kier molecular flexibility index (Phi) is 8.02. The van der Waals surface area contributed by atoms with E-state index in [1.165, 1.54) is 0 Å². The van der Waals surface area contributed by atoms with Gasteiger partial charge in [0.05, 0.1) is 18.8 Å². The molecular weight excluding hydrogens is 244 g/mol. The summed E-state index contributed by atoms with van der Waals surface area (Å²) in [6, 6.07) is -0.396. The van der Waals surface area contributed by atoms with Gasteiger partial charge in [0, 0.05) is 19.8 Å². The van der Waals surface area contributed by atoms with Gasteiger partial charge in [-0.25, -0.2) is 0 Å². The topological polar surface area (TPSA) is 73.6 Å². The van der Waals surface area contributed by atoms with Crippen molar-refractivity contribution in [2.75, 3.05) is 26.4 Å². The van der Waals surface area contributed by atoms with E-state index < -0.39 is 6.04 Å². The molecule has 1 heterocycles. The summed E-state index contributed by atoms with van der Waals surface area (Å²) in [4.78, 5) is 11.6. The predicted octanol–water partition coefficient (Wildman–Crippen LogP) is 1.06. The van der Waals surface area contributed by atoms with Crippen LogP contribution < -0.4 is 11.1 Å². The van der Waals surface area contributed by atoms with Crippen LogP contribution in [0.5, 0.6) is 0 Å². The van der Waals surface area contributed by atoms with E-state index in [9.17, 15) is 4.79 Å². The van der Waals surface area contributed by atoms with E-state index >= 15 is 0 Å². The molecule has 0 radical (unpaired) electrons. The van der Waals surface area contributed by atoms with Crippen molar-refractivity contribution in [1.82, 2.24) is 5.32 Å². The van der Waals surface area contributed by atoms with Gasteiger partial charge in [0.15, 0.2) is 0 Å². The fraction of sp³-hybridized carbons (Fsp3) is 0.929. The van der Waals surface area contributed by atoms with Crippen molar-refractivity contribution in [1.29, 1.82) is 0 Å². The van der Waals surface area contributed by atoms with Crippen LogP contribution in [0.4, 0.5) is 0 Å². The lowest BCUT2D eigenvalue weighted by atomic mass is 10.0. The minimum Gasteiger partial charge on any atom is -0.379 e. The quantitative estimate of drug-likeness (QED) is 0.616. The average Bonchev–Trinajstić information content (AvgIpc) is 2.85. The van der Waals surface area contributed by atoms with Gasteiger partial charge < -0.3 is 20.5 Å². The fourth-order valence-electron chi connectivity index (χ4n) is 2.12. The first-order chi connectivity index (χ1) is 9.09. The Balaban J connectivity index is 1.93. The van der Waals surface area contributed by atoms with Crippen LogP contribution in [0.1, 0.15) is 39.5 Å². The second-order valence-electron chi connectivity index (χ2n) is 5.59. The number of nitrogens with one attached hydrogen (secondary N) is 1. The van der Waals surface area contributed by atoms with E-state index in [-0.39, 0.29) is 12.0 Å². The van der Waals surface area contributed by atoms with E-state index in [2.05, 4.69) is 19.2 Å². The van der Waals surface area contributed by atoms with E-state index in [1.807, 2.05) is 0 Å². The highest BCUT2D eigenvalue weighted by atomic mass is 16.5. The number of amides is 1. The van der Waals surface area contributed by atoms with Crippen LogP contribution in [-0.2, 0) is 14.3 Å². The molecule has 0 saturated carbocycles. The summed E-state index contributed by atoms with van der Waals surface area (Å²) in [5, 5.41) is 2.84. The molecule has 0 aromatic rings. The molecule has 3 N–H and O–H groups in total. The molecule has 0 aromatic carbocycles. The van der Waals surface area contributed by atoms with Crippen LogP contribution in [-0.4, -0.2) is 44.4 Å². The van der Waals surface area contributed by atoms with Gasteiger partial charge >= 0.3 is 0 Å². The van der Waals surface area contributed by atoms with Crippen molar-refractivity contribution < 1.29 is 14.3 Å². The molecule has 1 unspecified atom stereocenters. The maximum atomic E-state index is 11.6. The third kappa shape index (κ3) is 7.50. The average molecular weight is 272 g/mol. The number of ether oxygens (including phenoxy) is 2. The fourth-order valence-corrected chi connectivity index (χ4v) is 2.12. The normalized spacial score (nSPS) is 20.7. The Labute approximate surface area is 116 Å². The minimum absolute atomic E-state index is 0.0622. The first kappa shape index (κ1) is 16.4. The zero-order valence-corrected chi connectivity index (χ0v) is 12.2. The van der Waals surface area contributed by atoms with Crippen molar-refractivity contribution in [3.05, 3.63) is 0 Å². The molecule has 1 aliphatic rings. The Bertz CT molecular complexity index is 253. The van der Waals surface area contributed by atoms with Gasteiger partial charge in [-0.15, -0.1) is 0 Å². The van der Waals surface area contributed by atoms with Crippen LogP contribution in [0.25, 0.3) is 0 Å². The van der Waals surface area contributed by atoms with Crippen LogP contribution in [0.3, 0.4) is 0 Å². The maximum absolute atomic E-state index is 11.6. The van der Waals surface area contributed by atoms with E-state index in [0.29, 0.717) is 25.7 Å². The first-order valence-electron chi connectivity index (χ1n) is 7.32. The predicted molar refractivity (Wildman–Crippen MR) is 74.9 cm³/mol. The highest BCUT2D eigenvalue weighted by Crippen LogP contribution is 2.11. The van der Waals surface area contributed by atoms with Crippen molar-refractivity contribution in [2.24, 2.45) is 11.7 Å². The van der Waals surface area contributed by atoms with Crippen molar-refractivity contribution >= 4 is 5.91 Å². The Morgan fingerprint density at radius 2 is 2.32 bits per heavy atom. The second-order valence-corrected chi connectivity index (χ2v) is 5.59. The van der Waals surface area contributed by atoms with Crippen LogP contribution in [0.2, 0.25) is 0 Å². The van der Waals surface area contributed by atoms with Crippen molar-refractivity contribution in [2.45, 2.75) is 51.7 Å². The standard InChI is InChI=1S/C14H28N2O3/c1-11(2)9-13(15)14(17)16-6-4-7-18-10-12-5-3-8-19-12/h11-13H,3-10,15H2,1-2H3,(H,16,17)/t12?,13-/m0/s1. The number of rotatable bonds is 9. The van der Waals surface area contributed by atoms with Crippen LogP contribution in [0.15, 0.2) is 0 Å². The van der Waals surface area contributed by atoms with Gasteiger partial charge in [0.1, 0.15) is 0 Å². The molecule has 2 atom stereocenters. The number of hydrogen-bond acceptors (Lipinski definition) is 4. The zero-order chi connectivity index (χ0) is 14.1. The molecule has 19 heavy (non-hydrogen) atoms. The Morgan fingerprint density at radius 3 is 2.95 bits per heavy atom. The molecular formula is C14H28N2O3.